The maximum Gasteiger partial charge on any atom is 0.0240 e. The van der Waals surface area contributed by atoms with E-state index in [1.165, 1.54) is 12.0 Å². The maximum atomic E-state index is 6.14. The van der Waals surface area contributed by atoms with Crippen molar-refractivity contribution in [2.24, 2.45) is 5.73 Å². The van der Waals surface area contributed by atoms with E-state index < -0.39 is 0 Å². The summed E-state index contributed by atoms with van der Waals surface area (Å²) in [5.41, 5.74) is 7.53. The van der Waals surface area contributed by atoms with E-state index in [1.54, 1.807) is 0 Å². The number of nitrogens with two attached hydrogens (primary N) is 1. The lowest BCUT2D eigenvalue weighted by atomic mass is 9.92. The first kappa shape index (κ1) is 11.6. The fourth-order valence-electron chi connectivity index (χ4n) is 2.58. The molecule has 1 aromatic rings. The van der Waals surface area contributed by atoms with Crippen LogP contribution in [0.4, 0.5) is 0 Å². The first-order chi connectivity index (χ1) is 7.68. The van der Waals surface area contributed by atoms with Crippen molar-refractivity contribution in [3.63, 3.8) is 0 Å². The molecule has 2 N–H and O–H groups in total. The van der Waals surface area contributed by atoms with Gasteiger partial charge in [0.1, 0.15) is 0 Å². The first-order valence-electron chi connectivity index (χ1n) is 6.23. The summed E-state index contributed by atoms with van der Waals surface area (Å²) in [5, 5.41) is 0. The van der Waals surface area contributed by atoms with Crippen molar-refractivity contribution in [2.75, 3.05) is 0 Å². The number of piperidine rings is 1. The van der Waals surface area contributed by atoms with Gasteiger partial charge < -0.3 is 5.73 Å². The van der Waals surface area contributed by atoms with Crippen LogP contribution in [0.1, 0.15) is 32.3 Å². The highest BCUT2D eigenvalue weighted by Gasteiger charge is 2.29. The van der Waals surface area contributed by atoms with E-state index in [-0.39, 0.29) is 0 Å². The van der Waals surface area contributed by atoms with Crippen LogP contribution in [0, 0.1) is 0 Å². The highest BCUT2D eigenvalue weighted by Crippen LogP contribution is 2.23. The third kappa shape index (κ3) is 2.45. The number of hydrogen-bond donors (Lipinski definition) is 1. The van der Waals surface area contributed by atoms with Gasteiger partial charge in [0.05, 0.1) is 0 Å². The maximum absolute atomic E-state index is 6.14. The van der Waals surface area contributed by atoms with Crippen molar-refractivity contribution >= 4 is 0 Å². The number of likely N-dealkylation sites (tertiary alicyclic amines) is 1. The highest BCUT2D eigenvalue weighted by molar-refractivity contribution is 5.15. The molecule has 88 valence electrons. The molecule has 0 spiro atoms. The van der Waals surface area contributed by atoms with Crippen molar-refractivity contribution < 1.29 is 0 Å². The molecule has 1 aromatic carbocycles. The van der Waals surface area contributed by atoms with Crippen LogP contribution in [0.15, 0.2) is 30.3 Å². The molecule has 2 rings (SSSR count). The van der Waals surface area contributed by atoms with Gasteiger partial charge in [0.15, 0.2) is 0 Å². The molecule has 3 atom stereocenters. The van der Waals surface area contributed by atoms with E-state index in [0.717, 1.165) is 13.0 Å². The summed E-state index contributed by atoms with van der Waals surface area (Å²) in [6.07, 6.45) is 2.38. The van der Waals surface area contributed by atoms with Crippen molar-refractivity contribution in [3.8, 4) is 0 Å². The van der Waals surface area contributed by atoms with Crippen molar-refractivity contribution in [1.29, 1.82) is 0 Å². The molecule has 1 aliphatic rings. The van der Waals surface area contributed by atoms with Crippen LogP contribution in [0.3, 0.4) is 0 Å². The Morgan fingerprint density at radius 1 is 1.19 bits per heavy atom. The Balaban J connectivity index is 2.07. The molecule has 2 heteroatoms. The minimum absolute atomic E-state index is 0.333. The molecule has 0 radical (unpaired) electrons. The predicted octanol–water partition coefficient (Wildman–Crippen LogP) is 2.39. The van der Waals surface area contributed by atoms with Gasteiger partial charge in [-0.3, -0.25) is 4.90 Å². The highest BCUT2D eigenvalue weighted by atomic mass is 15.2. The number of hydrogen-bond acceptors (Lipinski definition) is 2. The molecule has 16 heavy (non-hydrogen) atoms. The molecule has 0 aromatic heterocycles. The number of nitrogens with zero attached hydrogens (tertiary/aromatic N) is 1. The third-order valence-corrected chi connectivity index (χ3v) is 3.83. The van der Waals surface area contributed by atoms with Crippen molar-refractivity contribution in [1.82, 2.24) is 4.90 Å². The summed E-state index contributed by atoms with van der Waals surface area (Å²) in [4.78, 5) is 2.53. The fraction of sp³-hybridized carbons (Fsp3) is 0.571. The Morgan fingerprint density at radius 3 is 2.56 bits per heavy atom. The zero-order valence-electron chi connectivity index (χ0n) is 10.3. The molecule has 0 aliphatic carbocycles. The lowest BCUT2D eigenvalue weighted by Gasteiger charge is -2.42. The molecule has 1 aliphatic heterocycles. The minimum atomic E-state index is 0.333. The molecule has 0 saturated carbocycles. The summed E-state index contributed by atoms with van der Waals surface area (Å²) in [7, 11) is 0. The van der Waals surface area contributed by atoms with Gasteiger partial charge in [-0.05, 0) is 32.3 Å². The van der Waals surface area contributed by atoms with Crippen LogP contribution in [-0.4, -0.2) is 23.0 Å². The van der Waals surface area contributed by atoms with Gasteiger partial charge in [0.2, 0.25) is 0 Å². The smallest absolute Gasteiger partial charge is 0.0240 e. The molecular formula is C14H22N2. The number of rotatable bonds is 2. The Hall–Kier alpha value is -0.860. The summed E-state index contributed by atoms with van der Waals surface area (Å²) in [6, 6.07) is 12.1. The van der Waals surface area contributed by atoms with Crippen LogP contribution < -0.4 is 5.73 Å². The van der Waals surface area contributed by atoms with Gasteiger partial charge >= 0.3 is 0 Å². The topological polar surface area (TPSA) is 29.3 Å². The Bertz CT molecular complexity index is 323. The van der Waals surface area contributed by atoms with E-state index >= 15 is 0 Å². The quantitative estimate of drug-likeness (QED) is 0.826. The minimum Gasteiger partial charge on any atom is -0.326 e. The van der Waals surface area contributed by atoms with E-state index in [9.17, 15) is 0 Å². The lowest BCUT2D eigenvalue weighted by molar-refractivity contribution is 0.0795. The van der Waals surface area contributed by atoms with E-state index in [1.807, 2.05) is 0 Å². The fourth-order valence-corrected chi connectivity index (χ4v) is 2.58. The molecule has 0 bridgehead atoms. The van der Waals surface area contributed by atoms with E-state index in [0.29, 0.717) is 18.1 Å². The Labute approximate surface area is 98.4 Å². The van der Waals surface area contributed by atoms with Gasteiger partial charge in [-0.25, -0.2) is 0 Å². The first-order valence-corrected chi connectivity index (χ1v) is 6.23. The van der Waals surface area contributed by atoms with Crippen LogP contribution in [0.25, 0.3) is 0 Å². The van der Waals surface area contributed by atoms with Crippen LogP contribution >= 0.6 is 0 Å². The molecular weight excluding hydrogens is 196 g/mol. The Kier molecular flexibility index (Phi) is 3.62. The lowest BCUT2D eigenvalue weighted by Crippen LogP contribution is -2.53. The predicted molar refractivity (Wildman–Crippen MR) is 68.1 cm³/mol. The summed E-state index contributed by atoms with van der Waals surface area (Å²) in [5.74, 6) is 0. The molecule has 1 fully saturated rings. The standard InChI is InChI=1S/C14H22N2/c1-11-8-9-14(15)12(2)16(11)10-13-6-4-3-5-7-13/h3-7,11-12,14H,8-10,15H2,1-2H3/t11-,12+,14-/m1/s1. The molecule has 1 heterocycles. The van der Waals surface area contributed by atoms with E-state index in [2.05, 4.69) is 49.1 Å². The van der Waals surface area contributed by atoms with Gasteiger partial charge in [0, 0.05) is 24.7 Å². The average molecular weight is 218 g/mol. The van der Waals surface area contributed by atoms with E-state index in [4.69, 9.17) is 5.73 Å². The zero-order valence-corrected chi connectivity index (χ0v) is 10.3. The normalized spacial score (nSPS) is 31.6. The van der Waals surface area contributed by atoms with Gasteiger partial charge in [-0.1, -0.05) is 30.3 Å². The molecule has 2 nitrogen and oxygen atoms in total. The summed E-state index contributed by atoms with van der Waals surface area (Å²) in [6.45, 7) is 5.59. The third-order valence-electron chi connectivity index (χ3n) is 3.83. The largest absolute Gasteiger partial charge is 0.326 e. The van der Waals surface area contributed by atoms with Crippen molar-refractivity contribution in [2.45, 2.75) is 51.4 Å². The second kappa shape index (κ2) is 4.98. The second-order valence-electron chi connectivity index (χ2n) is 4.99. The molecule has 0 unspecified atom stereocenters. The van der Waals surface area contributed by atoms with Gasteiger partial charge in [-0.15, -0.1) is 0 Å². The van der Waals surface area contributed by atoms with Crippen molar-refractivity contribution in [3.05, 3.63) is 35.9 Å². The SMILES string of the molecule is C[C@@H]1CC[C@@H](N)[C@H](C)N1Cc1ccccc1. The Morgan fingerprint density at radius 2 is 1.88 bits per heavy atom. The average Bonchev–Trinajstić information content (AvgIpc) is 2.31. The monoisotopic (exact) mass is 218 g/mol. The van der Waals surface area contributed by atoms with Gasteiger partial charge in [-0.2, -0.15) is 0 Å². The molecule has 1 saturated heterocycles. The summed E-state index contributed by atoms with van der Waals surface area (Å²) < 4.78 is 0. The van der Waals surface area contributed by atoms with Gasteiger partial charge in [0.25, 0.3) is 0 Å². The second-order valence-corrected chi connectivity index (χ2v) is 4.99. The zero-order chi connectivity index (χ0) is 11.5. The molecule has 0 amide bonds. The van der Waals surface area contributed by atoms with Crippen LogP contribution in [0.2, 0.25) is 0 Å². The number of benzene rings is 1. The summed E-state index contributed by atoms with van der Waals surface area (Å²) >= 11 is 0. The van der Waals surface area contributed by atoms with Crippen LogP contribution in [-0.2, 0) is 6.54 Å². The van der Waals surface area contributed by atoms with Crippen LogP contribution in [0.5, 0.6) is 0 Å².